The van der Waals surface area contributed by atoms with E-state index in [1.165, 1.54) is 25.1 Å². The molecule has 0 spiro atoms. The fraction of sp³-hybridized carbons (Fsp3) is 0.500. The highest BCUT2D eigenvalue weighted by Gasteiger charge is 2.23. The van der Waals surface area contributed by atoms with Gasteiger partial charge in [0.25, 0.3) is 0 Å². The van der Waals surface area contributed by atoms with Crippen molar-refractivity contribution >= 4 is 17.7 Å². The van der Waals surface area contributed by atoms with Gasteiger partial charge in [-0.2, -0.15) is 0 Å². The Labute approximate surface area is 117 Å². The molecule has 108 valence electrons. The molecule has 1 aliphatic carbocycles. The SMILES string of the molecule is CC1CCCC1CNC(=O)Nc1cccnc1C(=O)O. The number of nitrogens with one attached hydrogen (secondary N) is 2. The van der Waals surface area contributed by atoms with E-state index in [4.69, 9.17) is 5.11 Å². The van der Waals surface area contributed by atoms with Crippen molar-refractivity contribution in [1.29, 1.82) is 0 Å². The molecule has 1 aliphatic rings. The fourth-order valence-corrected chi connectivity index (χ4v) is 2.59. The molecule has 1 saturated carbocycles. The van der Waals surface area contributed by atoms with Crippen molar-refractivity contribution in [3.63, 3.8) is 0 Å². The van der Waals surface area contributed by atoms with E-state index in [0.29, 0.717) is 18.4 Å². The minimum Gasteiger partial charge on any atom is -0.476 e. The monoisotopic (exact) mass is 277 g/mol. The van der Waals surface area contributed by atoms with E-state index in [1.807, 2.05) is 0 Å². The lowest BCUT2D eigenvalue weighted by atomic mass is 9.98. The van der Waals surface area contributed by atoms with Crippen molar-refractivity contribution in [3.05, 3.63) is 24.0 Å². The first-order chi connectivity index (χ1) is 9.58. The van der Waals surface area contributed by atoms with Crippen LogP contribution >= 0.6 is 0 Å². The van der Waals surface area contributed by atoms with Gasteiger partial charge in [-0.25, -0.2) is 14.6 Å². The number of aromatic carboxylic acids is 1. The molecule has 1 heterocycles. The predicted octanol–water partition coefficient (Wildman–Crippen LogP) is 2.34. The normalized spacial score (nSPS) is 21.4. The number of aromatic nitrogens is 1. The molecule has 2 rings (SSSR count). The van der Waals surface area contributed by atoms with Crippen molar-refractivity contribution in [1.82, 2.24) is 10.3 Å². The molecular formula is C14H19N3O3. The summed E-state index contributed by atoms with van der Waals surface area (Å²) in [6.45, 7) is 2.82. The molecule has 2 unspecified atom stereocenters. The van der Waals surface area contributed by atoms with Gasteiger partial charge >= 0.3 is 12.0 Å². The highest BCUT2D eigenvalue weighted by Crippen LogP contribution is 2.30. The molecule has 1 aromatic rings. The number of rotatable bonds is 4. The third-order valence-corrected chi connectivity index (χ3v) is 3.82. The molecule has 6 nitrogen and oxygen atoms in total. The number of urea groups is 1. The van der Waals surface area contributed by atoms with Gasteiger partial charge in [0.15, 0.2) is 5.69 Å². The zero-order valence-corrected chi connectivity index (χ0v) is 11.4. The molecule has 0 aromatic carbocycles. The molecule has 0 saturated heterocycles. The van der Waals surface area contributed by atoms with Gasteiger partial charge in [-0.15, -0.1) is 0 Å². The molecule has 1 fully saturated rings. The van der Waals surface area contributed by atoms with Crippen LogP contribution in [-0.2, 0) is 0 Å². The smallest absolute Gasteiger partial charge is 0.356 e. The van der Waals surface area contributed by atoms with Gasteiger partial charge in [0.1, 0.15) is 0 Å². The Kier molecular flexibility index (Phi) is 4.55. The number of carbonyl (C=O) groups is 2. The fourth-order valence-electron chi connectivity index (χ4n) is 2.59. The Balaban J connectivity index is 1.90. The Morgan fingerprint density at radius 3 is 2.90 bits per heavy atom. The number of pyridine rings is 1. The van der Waals surface area contributed by atoms with Crippen molar-refractivity contribution < 1.29 is 14.7 Å². The summed E-state index contributed by atoms with van der Waals surface area (Å²) in [5.74, 6) is -0.0258. The van der Waals surface area contributed by atoms with Gasteiger partial charge in [-0.1, -0.05) is 19.8 Å². The van der Waals surface area contributed by atoms with Gasteiger partial charge < -0.3 is 15.7 Å². The summed E-state index contributed by atoms with van der Waals surface area (Å²) in [4.78, 5) is 26.5. The molecule has 3 N–H and O–H groups in total. The second kappa shape index (κ2) is 6.36. The molecular weight excluding hydrogens is 258 g/mol. The summed E-state index contributed by atoms with van der Waals surface area (Å²) < 4.78 is 0. The lowest BCUT2D eigenvalue weighted by Crippen LogP contribution is -2.34. The van der Waals surface area contributed by atoms with Crippen molar-refractivity contribution in [2.75, 3.05) is 11.9 Å². The van der Waals surface area contributed by atoms with Crippen LogP contribution in [0.2, 0.25) is 0 Å². The lowest BCUT2D eigenvalue weighted by molar-refractivity contribution is 0.0692. The third kappa shape index (κ3) is 3.46. The maximum Gasteiger partial charge on any atom is 0.356 e. The first kappa shape index (κ1) is 14.3. The maximum atomic E-state index is 11.8. The number of amides is 2. The highest BCUT2D eigenvalue weighted by atomic mass is 16.4. The first-order valence-electron chi connectivity index (χ1n) is 6.81. The average Bonchev–Trinajstić information content (AvgIpc) is 2.82. The van der Waals surface area contributed by atoms with Gasteiger partial charge in [0, 0.05) is 12.7 Å². The van der Waals surface area contributed by atoms with Crippen LogP contribution in [-0.4, -0.2) is 28.6 Å². The highest BCUT2D eigenvalue weighted by molar-refractivity contribution is 5.98. The van der Waals surface area contributed by atoms with E-state index in [-0.39, 0.29) is 17.4 Å². The maximum absolute atomic E-state index is 11.8. The van der Waals surface area contributed by atoms with E-state index in [1.54, 1.807) is 6.07 Å². The molecule has 0 bridgehead atoms. The summed E-state index contributed by atoms with van der Waals surface area (Å²) in [5.41, 5.74) is 0.0499. The van der Waals surface area contributed by atoms with E-state index in [9.17, 15) is 9.59 Å². The Bertz CT molecular complexity index is 504. The summed E-state index contributed by atoms with van der Waals surface area (Å²) in [7, 11) is 0. The number of nitrogens with zero attached hydrogens (tertiary/aromatic N) is 1. The number of carboxylic acids is 1. The van der Waals surface area contributed by atoms with Gasteiger partial charge in [-0.3, -0.25) is 0 Å². The quantitative estimate of drug-likeness (QED) is 0.787. The molecule has 6 heteroatoms. The topological polar surface area (TPSA) is 91.3 Å². The molecule has 1 aromatic heterocycles. The van der Waals surface area contributed by atoms with Crippen molar-refractivity contribution in [2.24, 2.45) is 11.8 Å². The lowest BCUT2D eigenvalue weighted by Gasteiger charge is -2.16. The largest absolute Gasteiger partial charge is 0.476 e. The van der Waals surface area contributed by atoms with Crippen LogP contribution in [0.1, 0.15) is 36.7 Å². The Morgan fingerprint density at radius 2 is 2.25 bits per heavy atom. The Morgan fingerprint density at radius 1 is 1.45 bits per heavy atom. The molecule has 2 amide bonds. The average molecular weight is 277 g/mol. The summed E-state index contributed by atoms with van der Waals surface area (Å²) in [5, 5.41) is 14.3. The Hall–Kier alpha value is -2.11. The number of carboxylic acid groups (broad SMARTS) is 1. The summed E-state index contributed by atoms with van der Waals surface area (Å²) in [6, 6.07) is 2.72. The number of carbonyl (C=O) groups excluding carboxylic acids is 1. The van der Waals surface area contributed by atoms with Gasteiger partial charge in [0.2, 0.25) is 0 Å². The van der Waals surface area contributed by atoms with Crippen LogP contribution in [0.15, 0.2) is 18.3 Å². The molecule has 2 atom stereocenters. The summed E-state index contributed by atoms with van der Waals surface area (Å²) >= 11 is 0. The van der Waals surface area contributed by atoms with Crippen LogP contribution in [0.25, 0.3) is 0 Å². The standard InChI is InChI=1S/C14H19N3O3/c1-9-4-2-5-10(9)8-16-14(20)17-11-6-3-7-15-12(11)13(18)19/h3,6-7,9-10H,2,4-5,8H2,1H3,(H,18,19)(H2,16,17,20). The second-order valence-electron chi connectivity index (χ2n) is 5.21. The van der Waals surface area contributed by atoms with Crippen LogP contribution in [0.5, 0.6) is 0 Å². The molecule has 0 aliphatic heterocycles. The van der Waals surface area contributed by atoms with Crippen LogP contribution in [0.3, 0.4) is 0 Å². The zero-order chi connectivity index (χ0) is 14.5. The van der Waals surface area contributed by atoms with Crippen molar-refractivity contribution in [3.8, 4) is 0 Å². The number of anilines is 1. The molecule has 20 heavy (non-hydrogen) atoms. The third-order valence-electron chi connectivity index (χ3n) is 3.82. The van der Waals surface area contributed by atoms with Crippen LogP contribution in [0, 0.1) is 11.8 Å². The zero-order valence-electron chi connectivity index (χ0n) is 11.4. The van der Waals surface area contributed by atoms with E-state index < -0.39 is 5.97 Å². The van der Waals surface area contributed by atoms with E-state index in [2.05, 4.69) is 22.5 Å². The van der Waals surface area contributed by atoms with Gasteiger partial charge in [0.05, 0.1) is 5.69 Å². The minimum absolute atomic E-state index is 0.156. The van der Waals surface area contributed by atoms with E-state index >= 15 is 0 Å². The van der Waals surface area contributed by atoms with Crippen LogP contribution in [0.4, 0.5) is 10.5 Å². The minimum atomic E-state index is -1.16. The second-order valence-corrected chi connectivity index (χ2v) is 5.21. The predicted molar refractivity (Wildman–Crippen MR) is 74.7 cm³/mol. The van der Waals surface area contributed by atoms with Crippen molar-refractivity contribution in [2.45, 2.75) is 26.2 Å². The molecule has 0 radical (unpaired) electrons. The van der Waals surface area contributed by atoms with Gasteiger partial charge in [-0.05, 0) is 30.4 Å². The van der Waals surface area contributed by atoms with E-state index in [0.717, 1.165) is 6.42 Å². The number of hydrogen-bond acceptors (Lipinski definition) is 3. The summed E-state index contributed by atoms with van der Waals surface area (Å²) in [6.07, 6.45) is 4.93. The first-order valence-corrected chi connectivity index (χ1v) is 6.81. The number of hydrogen-bond donors (Lipinski definition) is 3. The van der Waals surface area contributed by atoms with Crippen LogP contribution < -0.4 is 10.6 Å².